The molecule has 8 heterocycles. The van der Waals surface area contributed by atoms with Gasteiger partial charge in [0, 0.05) is 106 Å². The number of halogens is 1. The summed E-state index contributed by atoms with van der Waals surface area (Å²) in [7, 11) is 0. The fraction of sp³-hybridized carbons (Fsp3) is 0.538. The van der Waals surface area contributed by atoms with Crippen molar-refractivity contribution in [3.8, 4) is 16.2 Å². The number of nitrogens with one attached hydrogen (secondary N) is 1. The molecule has 4 aliphatic heterocycles. The van der Waals surface area contributed by atoms with E-state index < -0.39 is 18.1 Å². The maximum absolute atomic E-state index is 14.0. The van der Waals surface area contributed by atoms with Crippen molar-refractivity contribution >= 4 is 64.1 Å². The zero-order chi connectivity index (χ0) is 51.6. The third kappa shape index (κ3) is 11.9. The summed E-state index contributed by atoms with van der Waals surface area (Å²) in [4.78, 5) is 70.1. The summed E-state index contributed by atoms with van der Waals surface area (Å²) in [5.41, 5.74) is 11.8. The number of carbonyl (C=O) groups excluding carboxylic acids is 3. The number of benzene rings is 1. The molecule has 9 rings (SSSR count). The van der Waals surface area contributed by atoms with Gasteiger partial charge in [0.2, 0.25) is 17.7 Å². The van der Waals surface area contributed by atoms with Gasteiger partial charge < -0.3 is 50.1 Å². The van der Waals surface area contributed by atoms with Crippen molar-refractivity contribution in [2.24, 2.45) is 17.6 Å². The average Bonchev–Trinajstić information content (AvgIpc) is 4.13. The van der Waals surface area contributed by atoms with Crippen molar-refractivity contribution in [2.45, 2.75) is 132 Å². The molecule has 3 atom stereocenters. The second-order valence-corrected chi connectivity index (χ2v) is 22.8. The first kappa shape index (κ1) is 52.5. The SMILES string of the molecule is Cc1cc([C@@H](C(=O)N2C[C@H](O)C[C@H]2C(=O)NCc2ccc(-c3scnc3C)cc2OC2CCN(C(=O)C3CCN(c4nccc(Sc5cnc(N6CCC(C)(N)CC6)c(CO)n5)c4Cl)CC3)CC2)C(C)C)on1. The van der Waals surface area contributed by atoms with Crippen LogP contribution in [-0.2, 0) is 27.5 Å². The second kappa shape index (κ2) is 22.6. The predicted molar refractivity (Wildman–Crippen MR) is 280 cm³/mol. The van der Waals surface area contributed by atoms with E-state index >= 15 is 0 Å². The molecule has 0 unspecified atom stereocenters. The van der Waals surface area contributed by atoms with E-state index in [1.807, 2.05) is 55.4 Å². The standard InChI is InChI=1S/C52H66ClN11O7S2/c1-30(2)44(41-22-31(3)60-71-41)51(69)64-27-36(66)24-39(64)49(67)57-25-35-7-6-34(46-32(4)58-29-72-46)23-40(35)70-37-11-18-63(19-12-37)50(68)33-9-16-61(17-10-33)48-45(53)42(8-15-55-48)73-43-26-56-47(38(28-65)59-43)62-20-13-52(5,54)14-21-62/h6-8,15,22-23,26,29-30,33,36-37,39,44,65-66H,9-14,16-21,24-25,27-28,54H2,1-5H3,(H,57,67)/t36-,39+,44+/m1/s1. The maximum Gasteiger partial charge on any atom is 0.243 e. The lowest BCUT2D eigenvalue weighted by Crippen LogP contribution is -2.48. The van der Waals surface area contributed by atoms with E-state index in [-0.39, 0.29) is 67.3 Å². The highest BCUT2D eigenvalue weighted by Crippen LogP contribution is 2.40. The highest BCUT2D eigenvalue weighted by Gasteiger charge is 2.43. The first-order valence-electron chi connectivity index (χ1n) is 25.3. The van der Waals surface area contributed by atoms with Gasteiger partial charge in [-0.3, -0.25) is 14.4 Å². The van der Waals surface area contributed by atoms with Gasteiger partial charge in [-0.25, -0.2) is 19.9 Å². The minimum Gasteiger partial charge on any atom is -0.490 e. The molecule has 390 valence electrons. The average molecular weight is 1060 g/mol. The molecule has 4 aromatic heterocycles. The molecule has 0 spiro atoms. The number of rotatable bonds is 15. The zero-order valence-electron chi connectivity index (χ0n) is 42.1. The summed E-state index contributed by atoms with van der Waals surface area (Å²) >= 11 is 9.95. The fourth-order valence-corrected chi connectivity index (χ4v) is 12.4. The maximum atomic E-state index is 14.0. The summed E-state index contributed by atoms with van der Waals surface area (Å²) < 4.78 is 12.3. The lowest BCUT2D eigenvalue weighted by Gasteiger charge is -2.38. The molecule has 73 heavy (non-hydrogen) atoms. The monoisotopic (exact) mass is 1060 g/mol. The van der Waals surface area contributed by atoms with Crippen molar-refractivity contribution in [2.75, 3.05) is 55.6 Å². The van der Waals surface area contributed by atoms with Gasteiger partial charge in [-0.15, -0.1) is 11.3 Å². The number of nitrogens with zero attached hydrogens (tertiary/aromatic N) is 9. The van der Waals surface area contributed by atoms with E-state index in [9.17, 15) is 24.6 Å². The number of pyridine rings is 1. The van der Waals surface area contributed by atoms with E-state index in [1.165, 1.54) is 16.7 Å². The van der Waals surface area contributed by atoms with Crippen LogP contribution < -0.4 is 25.6 Å². The van der Waals surface area contributed by atoms with Crippen LogP contribution in [0.2, 0.25) is 5.02 Å². The van der Waals surface area contributed by atoms with Crippen LogP contribution >= 0.6 is 34.7 Å². The number of hydrogen-bond donors (Lipinski definition) is 4. The quantitative estimate of drug-likeness (QED) is 0.0875. The van der Waals surface area contributed by atoms with Crippen LogP contribution in [0, 0.1) is 25.7 Å². The summed E-state index contributed by atoms with van der Waals surface area (Å²) in [6.45, 7) is 13.5. The molecule has 1 aromatic carbocycles. The number of amides is 3. The third-order valence-electron chi connectivity index (χ3n) is 14.7. The molecule has 4 fully saturated rings. The van der Waals surface area contributed by atoms with E-state index in [0.717, 1.165) is 52.5 Å². The third-order valence-corrected chi connectivity index (χ3v) is 17.1. The smallest absolute Gasteiger partial charge is 0.243 e. The van der Waals surface area contributed by atoms with Crippen LogP contribution in [0.25, 0.3) is 10.4 Å². The van der Waals surface area contributed by atoms with Crippen LogP contribution in [0.3, 0.4) is 0 Å². The Morgan fingerprint density at radius 2 is 1.74 bits per heavy atom. The van der Waals surface area contributed by atoms with Gasteiger partial charge in [-0.1, -0.05) is 54.5 Å². The molecule has 3 amide bonds. The van der Waals surface area contributed by atoms with E-state index in [0.29, 0.717) is 96.4 Å². The number of nitrogens with two attached hydrogens (primary N) is 1. The molecular weight excluding hydrogens is 990 g/mol. The molecule has 4 saturated heterocycles. The Bertz CT molecular complexity index is 2770. The van der Waals surface area contributed by atoms with Crippen molar-refractivity contribution in [3.05, 3.63) is 81.7 Å². The largest absolute Gasteiger partial charge is 0.490 e. The van der Waals surface area contributed by atoms with Crippen molar-refractivity contribution in [1.29, 1.82) is 0 Å². The number of aliphatic hydroxyl groups is 2. The van der Waals surface area contributed by atoms with E-state index in [1.54, 1.807) is 36.7 Å². The van der Waals surface area contributed by atoms with E-state index in [2.05, 4.69) is 37.2 Å². The number of thiazole rings is 1. The van der Waals surface area contributed by atoms with Gasteiger partial charge >= 0.3 is 0 Å². The van der Waals surface area contributed by atoms with Gasteiger partial charge in [0.1, 0.15) is 46.1 Å². The predicted octanol–water partition coefficient (Wildman–Crippen LogP) is 6.52. The molecular formula is C52H66ClN11O7S2. The molecule has 0 aliphatic carbocycles. The lowest BCUT2D eigenvalue weighted by atomic mass is 9.91. The Morgan fingerprint density at radius 3 is 2.41 bits per heavy atom. The number of aliphatic hydroxyl groups excluding tert-OH is 2. The van der Waals surface area contributed by atoms with Crippen LogP contribution in [0.1, 0.15) is 100 Å². The topological polar surface area (TPSA) is 229 Å². The number of anilines is 2. The summed E-state index contributed by atoms with van der Waals surface area (Å²) in [6.07, 6.45) is 6.85. The number of aryl methyl sites for hydroxylation is 2. The minimum atomic E-state index is -0.864. The van der Waals surface area contributed by atoms with Gasteiger partial charge in [0.25, 0.3) is 0 Å². The normalized spacial score (nSPS) is 20.2. The molecule has 0 radical (unpaired) electrons. The number of piperidine rings is 3. The van der Waals surface area contributed by atoms with Crippen LogP contribution in [-0.4, -0.2) is 132 Å². The van der Waals surface area contributed by atoms with Crippen molar-refractivity contribution < 1.29 is 33.9 Å². The van der Waals surface area contributed by atoms with E-state index in [4.69, 9.17) is 36.6 Å². The van der Waals surface area contributed by atoms with Gasteiger partial charge in [-0.05, 0) is 70.1 Å². The molecule has 21 heteroatoms. The molecule has 5 aromatic rings. The van der Waals surface area contributed by atoms with Crippen LogP contribution in [0.15, 0.2) is 62.7 Å². The zero-order valence-corrected chi connectivity index (χ0v) is 44.5. The second-order valence-electron chi connectivity index (χ2n) is 20.5. The molecule has 0 bridgehead atoms. The number of aromatic nitrogens is 5. The van der Waals surface area contributed by atoms with Gasteiger partial charge in [0.05, 0.1) is 45.7 Å². The Labute approximate surface area is 439 Å². The lowest BCUT2D eigenvalue weighted by molar-refractivity contribution is -0.141. The molecule has 4 aliphatic rings. The number of hydrogen-bond acceptors (Lipinski definition) is 17. The fourth-order valence-electron chi connectivity index (χ4n) is 10.4. The van der Waals surface area contributed by atoms with Gasteiger partial charge in [-0.2, -0.15) is 0 Å². The Hall–Kier alpha value is -5.38. The van der Waals surface area contributed by atoms with Crippen molar-refractivity contribution in [1.82, 2.24) is 40.2 Å². The van der Waals surface area contributed by atoms with Crippen LogP contribution in [0.5, 0.6) is 5.75 Å². The first-order valence-corrected chi connectivity index (χ1v) is 27.4. The highest BCUT2D eigenvalue weighted by molar-refractivity contribution is 7.99. The summed E-state index contributed by atoms with van der Waals surface area (Å²) in [5.74, 6) is 1.01. The Balaban J connectivity index is 0.796. The number of carbonyl (C=O) groups is 3. The Morgan fingerprint density at radius 1 is 1.00 bits per heavy atom. The number of likely N-dealkylation sites (tertiary alicyclic amines) is 2. The molecule has 5 N–H and O–H groups in total. The Kier molecular flexibility index (Phi) is 16.3. The van der Waals surface area contributed by atoms with Gasteiger partial charge in [0.15, 0.2) is 5.82 Å². The van der Waals surface area contributed by atoms with Crippen molar-refractivity contribution in [3.63, 3.8) is 0 Å². The number of ether oxygens (including phenoxy) is 1. The molecule has 18 nitrogen and oxygen atoms in total. The highest BCUT2D eigenvalue weighted by atomic mass is 35.5. The van der Waals surface area contributed by atoms with Crippen LogP contribution in [0.4, 0.5) is 11.6 Å². The number of β-amino-alcohol motifs (C(OH)–C–C–N with tert-alkyl or cyclic N) is 1. The summed E-state index contributed by atoms with van der Waals surface area (Å²) in [6, 6.07) is 8.68. The first-order chi connectivity index (χ1) is 35.0. The summed E-state index contributed by atoms with van der Waals surface area (Å²) in [5, 5.41) is 29.1. The molecule has 0 saturated carbocycles. The minimum absolute atomic E-state index is 0.0441.